The Labute approximate surface area is 88.4 Å². The van der Waals surface area contributed by atoms with Gasteiger partial charge in [-0.3, -0.25) is 9.59 Å². The van der Waals surface area contributed by atoms with Crippen molar-refractivity contribution in [1.82, 2.24) is 0 Å². The molecule has 2 atom stereocenters. The Morgan fingerprint density at radius 3 is 2.47 bits per heavy atom. The van der Waals surface area contributed by atoms with E-state index >= 15 is 0 Å². The van der Waals surface area contributed by atoms with Gasteiger partial charge in [0.1, 0.15) is 0 Å². The summed E-state index contributed by atoms with van der Waals surface area (Å²) >= 11 is 0. The summed E-state index contributed by atoms with van der Waals surface area (Å²) in [5.74, 6) is -0.721. The Balaban J connectivity index is 3.90. The third kappa shape index (κ3) is 7.84. The fraction of sp³-hybridized carbons (Fsp3) is 0.600. The van der Waals surface area contributed by atoms with Gasteiger partial charge in [0.05, 0.1) is 25.7 Å². The van der Waals surface area contributed by atoms with E-state index < -0.39 is 18.2 Å². The second-order valence-electron chi connectivity index (χ2n) is 3.21. The molecule has 0 saturated carbocycles. The highest BCUT2D eigenvalue weighted by Gasteiger charge is 2.14. The van der Waals surface area contributed by atoms with E-state index in [2.05, 4.69) is 4.74 Å². The van der Waals surface area contributed by atoms with E-state index in [1.165, 1.54) is 26.2 Å². The van der Waals surface area contributed by atoms with E-state index in [1.807, 2.05) is 0 Å². The van der Waals surface area contributed by atoms with Crippen LogP contribution < -0.4 is 0 Å². The maximum atomic E-state index is 10.7. The molecule has 2 N–H and O–H groups in total. The average Bonchev–Trinajstić information content (AvgIpc) is 2.14. The van der Waals surface area contributed by atoms with E-state index in [0.717, 1.165) is 0 Å². The van der Waals surface area contributed by atoms with Crippen molar-refractivity contribution < 1.29 is 24.5 Å². The first-order valence-corrected chi connectivity index (χ1v) is 4.57. The lowest BCUT2D eigenvalue weighted by Gasteiger charge is -2.11. The van der Waals surface area contributed by atoms with Crippen LogP contribution in [-0.2, 0) is 14.3 Å². The van der Waals surface area contributed by atoms with Crippen molar-refractivity contribution in [3.63, 3.8) is 0 Å². The third-order valence-electron chi connectivity index (χ3n) is 1.70. The van der Waals surface area contributed by atoms with E-state index in [9.17, 15) is 19.8 Å². The van der Waals surface area contributed by atoms with Gasteiger partial charge in [0.15, 0.2) is 5.78 Å². The maximum absolute atomic E-state index is 10.7. The molecule has 0 bridgehead atoms. The second-order valence-corrected chi connectivity index (χ2v) is 3.21. The summed E-state index contributed by atoms with van der Waals surface area (Å²) in [6.07, 6.45) is 0.427. The van der Waals surface area contributed by atoms with Crippen molar-refractivity contribution >= 4 is 11.8 Å². The van der Waals surface area contributed by atoms with Crippen molar-refractivity contribution in [3.05, 3.63) is 12.2 Å². The van der Waals surface area contributed by atoms with Crippen LogP contribution in [0, 0.1) is 0 Å². The predicted molar refractivity (Wildman–Crippen MR) is 53.1 cm³/mol. The van der Waals surface area contributed by atoms with Crippen molar-refractivity contribution in [2.24, 2.45) is 0 Å². The number of hydrogen-bond donors (Lipinski definition) is 2. The van der Waals surface area contributed by atoms with Crippen molar-refractivity contribution in [1.29, 1.82) is 0 Å². The number of ketones is 1. The molecule has 0 aromatic rings. The quantitative estimate of drug-likeness (QED) is 0.475. The minimum Gasteiger partial charge on any atom is -0.469 e. The van der Waals surface area contributed by atoms with Crippen LogP contribution in [0.3, 0.4) is 0 Å². The van der Waals surface area contributed by atoms with Crippen LogP contribution in [0.15, 0.2) is 12.2 Å². The van der Waals surface area contributed by atoms with Crippen LogP contribution in [0.5, 0.6) is 0 Å². The zero-order valence-electron chi connectivity index (χ0n) is 8.84. The van der Waals surface area contributed by atoms with Gasteiger partial charge in [0, 0.05) is 6.42 Å². The molecule has 0 radical (unpaired) electrons. The minimum absolute atomic E-state index is 0.00111. The highest BCUT2D eigenvalue weighted by molar-refractivity contribution is 5.87. The van der Waals surface area contributed by atoms with Crippen LogP contribution in [0.2, 0.25) is 0 Å². The van der Waals surface area contributed by atoms with Gasteiger partial charge < -0.3 is 14.9 Å². The molecule has 0 rings (SSSR count). The molecule has 0 amide bonds. The molecule has 0 aliphatic carbocycles. The largest absolute Gasteiger partial charge is 0.469 e. The fourth-order valence-electron chi connectivity index (χ4n) is 0.963. The number of aliphatic hydroxyl groups excluding tert-OH is 2. The number of allylic oxidation sites excluding steroid dienone is 1. The lowest BCUT2D eigenvalue weighted by molar-refractivity contribution is -0.143. The number of carbonyl (C=O) groups is 2. The number of hydrogen-bond acceptors (Lipinski definition) is 5. The Morgan fingerprint density at radius 2 is 2.00 bits per heavy atom. The molecule has 15 heavy (non-hydrogen) atoms. The fourth-order valence-corrected chi connectivity index (χ4v) is 0.963. The van der Waals surface area contributed by atoms with Crippen LogP contribution in [0.4, 0.5) is 0 Å². The highest BCUT2D eigenvalue weighted by atomic mass is 16.5. The van der Waals surface area contributed by atoms with Gasteiger partial charge in [-0.2, -0.15) is 0 Å². The van der Waals surface area contributed by atoms with Gasteiger partial charge in [-0.05, 0) is 13.0 Å². The predicted octanol–water partition coefficient (Wildman–Crippen LogP) is -0.193. The molecule has 0 aromatic heterocycles. The molecular weight excluding hydrogens is 200 g/mol. The molecule has 0 fully saturated rings. The number of ether oxygens (including phenoxy) is 1. The molecule has 0 unspecified atom stereocenters. The lowest BCUT2D eigenvalue weighted by atomic mass is 10.1. The number of methoxy groups -OCH3 is 1. The summed E-state index contributed by atoms with van der Waals surface area (Å²) in [6.45, 7) is 1.36. The molecular formula is C10H16O5. The molecule has 0 aromatic carbocycles. The molecule has 0 heterocycles. The second kappa shape index (κ2) is 7.14. The standard InChI is InChI=1S/C10H16O5/c1-7(11)3-4-8(12)5-9(13)6-10(14)15-2/h3-4,8-9,12-13H,5-6H2,1-2H3/b4-3+/t8-,9+/m1/s1. The van der Waals surface area contributed by atoms with Crippen molar-refractivity contribution in [2.45, 2.75) is 32.0 Å². The average molecular weight is 216 g/mol. The van der Waals surface area contributed by atoms with Crippen LogP contribution in [0.1, 0.15) is 19.8 Å². The summed E-state index contributed by atoms with van der Waals surface area (Å²) in [7, 11) is 1.22. The van der Waals surface area contributed by atoms with Crippen LogP contribution >= 0.6 is 0 Å². The SMILES string of the molecule is COC(=O)C[C@@H](O)C[C@H](O)/C=C/C(C)=O. The van der Waals surface area contributed by atoms with Gasteiger partial charge in [-0.1, -0.05) is 6.08 Å². The number of aliphatic hydroxyl groups is 2. The van der Waals surface area contributed by atoms with E-state index in [-0.39, 0.29) is 18.6 Å². The summed E-state index contributed by atoms with van der Waals surface area (Å²) in [5.41, 5.74) is 0. The van der Waals surface area contributed by atoms with E-state index in [1.54, 1.807) is 0 Å². The van der Waals surface area contributed by atoms with E-state index in [0.29, 0.717) is 0 Å². The van der Waals surface area contributed by atoms with Gasteiger partial charge in [0.25, 0.3) is 0 Å². The van der Waals surface area contributed by atoms with Crippen LogP contribution in [0.25, 0.3) is 0 Å². The van der Waals surface area contributed by atoms with Crippen molar-refractivity contribution in [2.75, 3.05) is 7.11 Å². The Morgan fingerprint density at radius 1 is 1.40 bits per heavy atom. The molecule has 5 nitrogen and oxygen atoms in total. The number of esters is 1. The Hall–Kier alpha value is -1.20. The summed E-state index contributed by atoms with van der Waals surface area (Å²) in [4.78, 5) is 21.3. The first-order chi connectivity index (χ1) is 6.95. The van der Waals surface area contributed by atoms with Gasteiger partial charge in [-0.15, -0.1) is 0 Å². The number of carbonyl (C=O) groups excluding carboxylic acids is 2. The minimum atomic E-state index is -0.968. The Bertz CT molecular complexity index is 246. The molecule has 0 aliphatic rings. The highest BCUT2D eigenvalue weighted by Crippen LogP contribution is 2.04. The summed E-state index contributed by atoms with van der Waals surface area (Å²) in [6, 6.07) is 0. The molecule has 0 aliphatic heterocycles. The summed E-state index contributed by atoms with van der Waals surface area (Å²) < 4.78 is 4.35. The molecule has 0 spiro atoms. The zero-order valence-corrected chi connectivity index (χ0v) is 8.84. The number of rotatable bonds is 6. The lowest BCUT2D eigenvalue weighted by Crippen LogP contribution is -2.20. The summed E-state index contributed by atoms with van der Waals surface area (Å²) in [5, 5.41) is 18.6. The molecule has 86 valence electrons. The van der Waals surface area contributed by atoms with E-state index in [4.69, 9.17) is 0 Å². The van der Waals surface area contributed by atoms with Gasteiger partial charge >= 0.3 is 5.97 Å². The van der Waals surface area contributed by atoms with Crippen LogP contribution in [-0.4, -0.2) is 41.3 Å². The molecule has 5 heteroatoms. The first kappa shape index (κ1) is 13.8. The van der Waals surface area contributed by atoms with Gasteiger partial charge in [0.2, 0.25) is 0 Å². The first-order valence-electron chi connectivity index (χ1n) is 4.57. The monoisotopic (exact) mass is 216 g/mol. The normalized spacial score (nSPS) is 14.9. The van der Waals surface area contributed by atoms with Gasteiger partial charge in [-0.25, -0.2) is 0 Å². The topological polar surface area (TPSA) is 83.8 Å². The smallest absolute Gasteiger partial charge is 0.308 e. The van der Waals surface area contributed by atoms with Crippen molar-refractivity contribution in [3.8, 4) is 0 Å². The zero-order chi connectivity index (χ0) is 11.8. The maximum Gasteiger partial charge on any atom is 0.308 e. The Kier molecular flexibility index (Phi) is 6.57. The molecule has 0 saturated heterocycles. The third-order valence-corrected chi connectivity index (χ3v) is 1.70.